The van der Waals surface area contributed by atoms with Crippen molar-refractivity contribution in [3.8, 4) is 10.4 Å². The van der Waals surface area contributed by atoms with Crippen molar-refractivity contribution in [2.45, 2.75) is 13.8 Å². The molecular weight excluding hydrogens is 330 g/mol. The summed E-state index contributed by atoms with van der Waals surface area (Å²) in [6, 6.07) is 18.2. The molecule has 4 aromatic rings. The minimum atomic E-state index is -0.282. The van der Waals surface area contributed by atoms with Gasteiger partial charge in [0.25, 0.3) is 0 Å². The summed E-state index contributed by atoms with van der Waals surface area (Å²) >= 11 is 1.62. The molecule has 2 heterocycles. The van der Waals surface area contributed by atoms with Gasteiger partial charge in [-0.25, -0.2) is 4.79 Å². The summed E-state index contributed by atoms with van der Waals surface area (Å²) in [7, 11) is 0. The SMILES string of the molecule is CCN(CC)c1ccc2cc(-c3cc4ccccc4s3)c(=O)oc2c1. The zero-order valence-electron chi connectivity index (χ0n) is 14.3. The maximum Gasteiger partial charge on any atom is 0.345 e. The van der Waals surface area contributed by atoms with Gasteiger partial charge in [0.05, 0.1) is 5.56 Å². The molecule has 2 aromatic heterocycles. The number of thiophene rings is 1. The molecule has 4 heteroatoms. The van der Waals surface area contributed by atoms with E-state index in [0.717, 1.165) is 34.4 Å². The molecule has 0 saturated heterocycles. The van der Waals surface area contributed by atoms with Gasteiger partial charge in [-0.2, -0.15) is 0 Å². The summed E-state index contributed by atoms with van der Waals surface area (Å²) in [5.41, 5.74) is 2.06. The number of nitrogens with zero attached hydrogens (tertiary/aromatic N) is 1. The summed E-state index contributed by atoms with van der Waals surface area (Å²) in [5.74, 6) is 0. The zero-order chi connectivity index (χ0) is 17.4. The number of fused-ring (bicyclic) bond motifs is 2. The first-order valence-electron chi connectivity index (χ1n) is 8.51. The van der Waals surface area contributed by atoms with E-state index in [2.05, 4.69) is 43.0 Å². The summed E-state index contributed by atoms with van der Waals surface area (Å²) < 4.78 is 6.82. The van der Waals surface area contributed by atoms with Crippen molar-refractivity contribution in [2.75, 3.05) is 18.0 Å². The van der Waals surface area contributed by atoms with E-state index < -0.39 is 0 Å². The molecule has 0 aliphatic rings. The van der Waals surface area contributed by atoms with E-state index in [0.29, 0.717) is 11.1 Å². The Labute approximate surface area is 150 Å². The quantitative estimate of drug-likeness (QED) is 0.455. The fraction of sp³-hybridized carbons (Fsp3) is 0.190. The van der Waals surface area contributed by atoms with E-state index in [1.807, 2.05) is 30.3 Å². The highest BCUT2D eigenvalue weighted by Gasteiger charge is 2.12. The van der Waals surface area contributed by atoms with Crippen molar-refractivity contribution in [1.82, 2.24) is 0 Å². The van der Waals surface area contributed by atoms with Crippen molar-refractivity contribution in [1.29, 1.82) is 0 Å². The monoisotopic (exact) mass is 349 g/mol. The van der Waals surface area contributed by atoms with Crippen molar-refractivity contribution < 1.29 is 4.42 Å². The fourth-order valence-corrected chi connectivity index (χ4v) is 4.24. The van der Waals surface area contributed by atoms with E-state index in [1.54, 1.807) is 11.3 Å². The Kier molecular flexibility index (Phi) is 4.06. The molecule has 0 amide bonds. The van der Waals surface area contributed by atoms with Crippen LogP contribution in [0.2, 0.25) is 0 Å². The van der Waals surface area contributed by atoms with Gasteiger partial charge < -0.3 is 9.32 Å². The van der Waals surface area contributed by atoms with Gasteiger partial charge in [-0.3, -0.25) is 0 Å². The lowest BCUT2D eigenvalue weighted by atomic mass is 10.1. The normalized spacial score (nSPS) is 11.3. The molecule has 0 bridgehead atoms. The Morgan fingerprint density at radius 3 is 2.52 bits per heavy atom. The van der Waals surface area contributed by atoms with Crippen LogP contribution in [0.5, 0.6) is 0 Å². The average molecular weight is 349 g/mol. The van der Waals surface area contributed by atoms with Crippen molar-refractivity contribution in [3.63, 3.8) is 0 Å². The number of hydrogen-bond acceptors (Lipinski definition) is 4. The zero-order valence-corrected chi connectivity index (χ0v) is 15.1. The molecule has 0 spiro atoms. The molecule has 0 saturated carbocycles. The number of rotatable bonds is 4. The first-order chi connectivity index (χ1) is 12.2. The highest BCUT2D eigenvalue weighted by Crippen LogP contribution is 2.33. The predicted molar refractivity (Wildman–Crippen MR) is 107 cm³/mol. The van der Waals surface area contributed by atoms with E-state index in [4.69, 9.17) is 4.42 Å². The minimum absolute atomic E-state index is 0.282. The van der Waals surface area contributed by atoms with Gasteiger partial charge in [-0.1, -0.05) is 18.2 Å². The van der Waals surface area contributed by atoms with Gasteiger partial charge in [-0.15, -0.1) is 11.3 Å². The smallest absolute Gasteiger partial charge is 0.345 e. The Hall–Kier alpha value is -2.59. The van der Waals surface area contributed by atoms with Crippen LogP contribution >= 0.6 is 11.3 Å². The molecule has 0 atom stereocenters. The number of benzene rings is 2. The van der Waals surface area contributed by atoms with Crippen LogP contribution in [-0.4, -0.2) is 13.1 Å². The third-order valence-corrected chi connectivity index (χ3v) is 5.69. The lowest BCUT2D eigenvalue weighted by molar-refractivity contribution is 0.563. The largest absolute Gasteiger partial charge is 0.422 e. The molecule has 4 rings (SSSR count). The van der Waals surface area contributed by atoms with E-state index >= 15 is 0 Å². The molecular formula is C21H19NO2S. The summed E-state index contributed by atoms with van der Waals surface area (Å²) in [4.78, 5) is 15.7. The molecule has 0 aliphatic carbocycles. The summed E-state index contributed by atoms with van der Waals surface area (Å²) in [6.45, 7) is 6.08. The van der Waals surface area contributed by atoms with Gasteiger partial charge >= 0.3 is 5.63 Å². The van der Waals surface area contributed by atoms with E-state index in [-0.39, 0.29) is 5.63 Å². The standard InChI is InChI=1S/C21H19NO2S/c1-3-22(4-2)16-10-9-14-11-17(21(23)24-18(14)13-16)20-12-15-7-5-6-8-19(15)25-20/h5-13H,3-4H2,1-2H3. The van der Waals surface area contributed by atoms with Crippen LogP contribution in [0.25, 0.3) is 31.5 Å². The van der Waals surface area contributed by atoms with Gasteiger partial charge in [-0.05, 0) is 49.6 Å². The fourth-order valence-electron chi connectivity index (χ4n) is 3.17. The third-order valence-electron chi connectivity index (χ3n) is 4.54. The maximum absolute atomic E-state index is 12.6. The Morgan fingerprint density at radius 1 is 0.960 bits per heavy atom. The first-order valence-corrected chi connectivity index (χ1v) is 9.33. The molecule has 0 radical (unpaired) electrons. The predicted octanol–water partition coefficient (Wildman–Crippen LogP) is 5.52. The average Bonchev–Trinajstić information content (AvgIpc) is 3.06. The summed E-state index contributed by atoms with van der Waals surface area (Å²) in [5, 5.41) is 2.10. The first kappa shape index (κ1) is 15.9. The molecule has 25 heavy (non-hydrogen) atoms. The van der Waals surface area contributed by atoms with Crippen molar-refractivity contribution >= 4 is 38.1 Å². The topological polar surface area (TPSA) is 33.5 Å². The Bertz CT molecular complexity index is 1070. The van der Waals surface area contributed by atoms with Gasteiger partial charge in [0.2, 0.25) is 0 Å². The molecule has 0 N–H and O–H groups in total. The molecule has 0 unspecified atom stereocenters. The second-order valence-corrected chi connectivity index (χ2v) is 7.07. The molecule has 0 aliphatic heterocycles. The molecule has 3 nitrogen and oxygen atoms in total. The lowest BCUT2D eigenvalue weighted by Gasteiger charge is -2.20. The van der Waals surface area contributed by atoms with Gasteiger partial charge in [0.1, 0.15) is 5.58 Å². The van der Waals surface area contributed by atoms with Crippen LogP contribution in [0, 0.1) is 0 Å². The van der Waals surface area contributed by atoms with Crippen LogP contribution in [-0.2, 0) is 0 Å². The minimum Gasteiger partial charge on any atom is -0.422 e. The van der Waals surface area contributed by atoms with Gasteiger partial charge in [0.15, 0.2) is 0 Å². The molecule has 2 aromatic carbocycles. The maximum atomic E-state index is 12.6. The highest BCUT2D eigenvalue weighted by atomic mass is 32.1. The van der Waals surface area contributed by atoms with Gasteiger partial charge in [0, 0.05) is 39.8 Å². The number of anilines is 1. The Morgan fingerprint density at radius 2 is 1.76 bits per heavy atom. The second kappa shape index (κ2) is 6.37. The number of hydrogen-bond donors (Lipinski definition) is 0. The van der Waals surface area contributed by atoms with Crippen LogP contribution in [0.1, 0.15) is 13.8 Å². The lowest BCUT2D eigenvalue weighted by Crippen LogP contribution is -2.21. The van der Waals surface area contributed by atoms with Crippen LogP contribution in [0.15, 0.2) is 63.8 Å². The van der Waals surface area contributed by atoms with Crippen LogP contribution in [0.4, 0.5) is 5.69 Å². The van der Waals surface area contributed by atoms with Crippen molar-refractivity contribution in [2.24, 2.45) is 0 Å². The van der Waals surface area contributed by atoms with Crippen LogP contribution in [0.3, 0.4) is 0 Å². The van der Waals surface area contributed by atoms with E-state index in [9.17, 15) is 4.79 Å². The highest BCUT2D eigenvalue weighted by molar-refractivity contribution is 7.22. The van der Waals surface area contributed by atoms with E-state index in [1.165, 1.54) is 4.70 Å². The Balaban J connectivity index is 1.84. The molecule has 126 valence electrons. The second-order valence-electron chi connectivity index (χ2n) is 5.99. The third kappa shape index (κ3) is 2.83. The summed E-state index contributed by atoms with van der Waals surface area (Å²) in [6.07, 6.45) is 0. The van der Waals surface area contributed by atoms with Crippen molar-refractivity contribution in [3.05, 3.63) is 65.0 Å². The molecule has 0 fully saturated rings. The van der Waals surface area contributed by atoms with Crippen LogP contribution < -0.4 is 10.5 Å².